The molecule has 21 heavy (non-hydrogen) atoms. The minimum absolute atomic E-state index is 0.0896. The average molecular weight is 281 g/mol. The molecular formula is C18H19NO2. The zero-order valence-corrected chi connectivity index (χ0v) is 12.2. The highest BCUT2D eigenvalue weighted by molar-refractivity contribution is 5.74. The van der Waals surface area contributed by atoms with Crippen LogP contribution in [0.1, 0.15) is 23.6 Å². The average Bonchev–Trinajstić information content (AvgIpc) is 2.63. The lowest BCUT2D eigenvalue weighted by Crippen LogP contribution is -2.17. The SMILES string of the molecule is CCN1c2ccccc2CCc2cc(CC(=O)O)ccc21. The smallest absolute Gasteiger partial charge is 0.307 e. The third kappa shape index (κ3) is 2.64. The molecule has 0 atom stereocenters. The van der Waals surface area contributed by atoms with Gasteiger partial charge in [0.1, 0.15) is 0 Å². The number of aryl methyl sites for hydroxylation is 2. The predicted molar refractivity (Wildman–Crippen MR) is 84.3 cm³/mol. The fraction of sp³-hybridized carbons (Fsp3) is 0.278. The Morgan fingerprint density at radius 3 is 2.57 bits per heavy atom. The van der Waals surface area contributed by atoms with Crippen molar-refractivity contribution in [3.05, 3.63) is 59.2 Å². The molecule has 0 fully saturated rings. The number of fused-ring (bicyclic) bond motifs is 2. The number of carbonyl (C=O) groups is 1. The van der Waals surface area contributed by atoms with E-state index >= 15 is 0 Å². The van der Waals surface area contributed by atoms with E-state index < -0.39 is 5.97 Å². The van der Waals surface area contributed by atoms with Crippen LogP contribution in [-0.2, 0) is 24.1 Å². The van der Waals surface area contributed by atoms with Gasteiger partial charge in [-0.25, -0.2) is 0 Å². The molecule has 1 heterocycles. The third-order valence-corrected chi connectivity index (χ3v) is 4.05. The normalized spacial score (nSPS) is 13.3. The van der Waals surface area contributed by atoms with Gasteiger partial charge in [0.25, 0.3) is 0 Å². The molecule has 2 aromatic carbocycles. The Bertz CT molecular complexity index is 679. The van der Waals surface area contributed by atoms with Crippen LogP contribution in [0.15, 0.2) is 42.5 Å². The molecule has 3 nitrogen and oxygen atoms in total. The van der Waals surface area contributed by atoms with Crippen molar-refractivity contribution in [1.82, 2.24) is 0 Å². The van der Waals surface area contributed by atoms with Gasteiger partial charge in [-0.2, -0.15) is 0 Å². The van der Waals surface area contributed by atoms with Gasteiger partial charge >= 0.3 is 5.97 Å². The highest BCUT2D eigenvalue weighted by atomic mass is 16.4. The molecule has 1 N–H and O–H groups in total. The second-order valence-electron chi connectivity index (χ2n) is 5.41. The number of anilines is 2. The second kappa shape index (κ2) is 5.60. The molecule has 1 aliphatic heterocycles. The molecule has 1 aliphatic rings. The minimum atomic E-state index is -0.779. The third-order valence-electron chi connectivity index (χ3n) is 4.05. The summed E-state index contributed by atoms with van der Waals surface area (Å²) in [6.45, 7) is 3.05. The van der Waals surface area contributed by atoms with Gasteiger partial charge < -0.3 is 10.0 Å². The Morgan fingerprint density at radius 1 is 1.10 bits per heavy atom. The number of carboxylic acids is 1. The number of carboxylic acid groups (broad SMARTS) is 1. The lowest BCUT2D eigenvalue weighted by Gasteiger charge is -2.25. The van der Waals surface area contributed by atoms with Crippen molar-refractivity contribution in [2.45, 2.75) is 26.2 Å². The van der Waals surface area contributed by atoms with E-state index in [2.05, 4.69) is 48.2 Å². The number of nitrogens with zero attached hydrogens (tertiary/aromatic N) is 1. The van der Waals surface area contributed by atoms with Gasteiger partial charge in [-0.15, -0.1) is 0 Å². The van der Waals surface area contributed by atoms with Gasteiger partial charge in [-0.05, 0) is 48.6 Å². The van der Waals surface area contributed by atoms with Crippen LogP contribution >= 0.6 is 0 Å². The molecule has 0 saturated carbocycles. The largest absolute Gasteiger partial charge is 0.481 e. The van der Waals surface area contributed by atoms with Crippen molar-refractivity contribution in [1.29, 1.82) is 0 Å². The number of benzene rings is 2. The maximum absolute atomic E-state index is 10.9. The quantitative estimate of drug-likeness (QED) is 0.935. The lowest BCUT2D eigenvalue weighted by molar-refractivity contribution is -0.136. The first-order valence-corrected chi connectivity index (χ1v) is 7.38. The Balaban J connectivity index is 2.05. The Labute approximate surface area is 124 Å². The van der Waals surface area contributed by atoms with E-state index in [9.17, 15) is 4.79 Å². The molecule has 3 heteroatoms. The first-order valence-electron chi connectivity index (χ1n) is 7.38. The number of rotatable bonds is 3. The predicted octanol–water partition coefficient (Wildman–Crippen LogP) is 3.57. The van der Waals surface area contributed by atoms with Crippen LogP contribution in [-0.4, -0.2) is 17.6 Å². The number of hydrogen-bond acceptors (Lipinski definition) is 2. The summed E-state index contributed by atoms with van der Waals surface area (Å²) in [7, 11) is 0. The van der Waals surface area contributed by atoms with E-state index in [1.807, 2.05) is 6.07 Å². The van der Waals surface area contributed by atoms with Gasteiger partial charge in [0, 0.05) is 17.9 Å². The van der Waals surface area contributed by atoms with Crippen molar-refractivity contribution in [3.63, 3.8) is 0 Å². The molecule has 2 aromatic rings. The molecule has 108 valence electrons. The van der Waals surface area contributed by atoms with Crippen molar-refractivity contribution in [2.75, 3.05) is 11.4 Å². The molecule has 0 amide bonds. The van der Waals surface area contributed by atoms with Crippen LogP contribution in [0.25, 0.3) is 0 Å². The number of para-hydroxylation sites is 1. The molecule has 0 aromatic heterocycles. The molecule has 3 rings (SSSR count). The van der Waals surface area contributed by atoms with Gasteiger partial charge in [0.2, 0.25) is 0 Å². The summed E-state index contributed by atoms with van der Waals surface area (Å²) in [5.41, 5.74) is 5.95. The maximum atomic E-state index is 10.9. The molecular weight excluding hydrogens is 262 g/mol. The summed E-state index contributed by atoms with van der Waals surface area (Å²) in [6.07, 6.45) is 2.04. The standard InChI is InChI=1S/C18H19NO2/c1-2-19-16-6-4-3-5-14(16)8-9-15-11-13(12-18(20)21)7-10-17(15)19/h3-7,10-11H,2,8-9,12H2,1H3,(H,20,21). The van der Waals surface area contributed by atoms with Crippen LogP contribution in [0.4, 0.5) is 11.4 Å². The summed E-state index contributed by atoms with van der Waals surface area (Å²) < 4.78 is 0. The molecule has 0 unspecified atom stereocenters. The Morgan fingerprint density at radius 2 is 1.81 bits per heavy atom. The van der Waals surface area contributed by atoms with Crippen molar-refractivity contribution >= 4 is 17.3 Å². The number of hydrogen-bond donors (Lipinski definition) is 1. The van der Waals surface area contributed by atoms with E-state index in [0.717, 1.165) is 24.9 Å². The zero-order chi connectivity index (χ0) is 14.8. The van der Waals surface area contributed by atoms with E-state index in [0.29, 0.717) is 0 Å². The minimum Gasteiger partial charge on any atom is -0.481 e. The van der Waals surface area contributed by atoms with Gasteiger partial charge in [-0.1, -0.05) is 30.3 Å². The van der Waals surface area contributed by atoms with Crippen LogP contribution in [0.2, 0.25) is 0 Å². The topological polar surface area (TPSA) is 40.5 Å². The van der Waals surface area contributed by atoms with E-state index in [4.69, 9.17) is 5.11 Å². The Hall–Kier alpha value is -2.29. The van der Waals surface area contributed by atoms with E-state index in [-0.39, 0.29) is 6.42 Å². The monoisotopic (exact) mass is 281 g/mol. The molecule has 0 spiro atoms. The van der Waals surface area contributed by atoms with Crippen LogP contribution in [0.3, 0.4) is 0 Å². The van der Waals surface area contributed by atoms with E-state index in [1.165, 1.54) is 22.5 Å². The second-order valence-corrected chi connectivity index (χ2v) is 5.41. The Kier molecular flexibility index (Phi) is 3.65. The summed E-state index contributed by atoms with van der Waals surface area (Å²) in [5.74, 6) is -0.779. The fourth-order valence-electron chi connectivity index (χ4n) is 3.11. The molecule has 0 bridgehead atoms. The summed E-state index contributed by atoms with van der Waals surface area (Å²) in [5, 5.41) is 8.96. The van der Waals surface area contributed by atoms with Crippen molar-refractivity contribution in [2.24, 2.45) is 0 Å². The first kappa shape index (κ1) is 13.7. The fourth-order valence-corrected chi connectivity index (χ4v) is 3.11. The zero-order valence-electron chi connectivity index (χ0n) is 12.2. The first-order chi connectivity index (χ1) is 10.2. The molecule has 0 aliphatic carbocycles. The maximum Gasteiger partial charge on any atom is 0.307 e. The highest BCUT2D eigenvalue weighted by Gasteiger charge is 2.19. The van der Waals surface area contributed by atoms with Gasteiger partial charge in [-0.3, -0.25) is 4.79 Å². The summed E-state index contributed by atoms with van der Waals surface area (Å²) in [6, 6.07) is 14.6. The van der Waals surface area contributed by atoms with Gasteiger partial charge in [0.15, 0.2) is 0 Å². The highest BCUT2D eigenvalue weighted by Crippen LogP contribution is 2.36. The molecule has 0 saturated heterocycles. The van der Waals surface area contributed by atoms with E-state index in [1.54, 1.807) is 0 Å². The van der Waals surface area contributed by atoms with Crippen LogP contribution in [0, 0.1) is 0 Å². The molecule has 0 radical (unpaired) electrons. The van der Waals surface area contributed by atoms with Gasteiger partial charge in [0.05, 0.1) is 6.42 Å². The number of aliphatic carboxylic acids is 1. The van der Waals surface area contributed by atoms with Crippen molar-refractivity contribution < 1.29 is 9.90 Å². The van der Waals surface area contributed by atoms with Crippen LogP contribution in [0.5, 0.6) is 0 Å². The lowest BCUT2D eigenvalue weighted by atomic mass is 10.0. The van der Waals surface area contributed by atoms with Crippen LogP contribution < -0.4 is 4.90 Å². The van der Waals surface area contributed by atoms with Crippen molar-refractivity contribution in [3.8, 4) is 0 Å². The summed E-state index contributed by atoms with van der Waals surface area (Å²) >= 11 is 0. The summed E-state index contributed by atoms with van der Waals surface area (Å²) in [4.78, 5) is 13.2.